The molecule has 3 nitrogen and oxygen atoms in total. The molecule has 19 heavy (non-hydrogen) atoms. The summed E-state index contributed by atoms with van der Waals surface area (Å²) >= 11 is 0. The summed E-state index contributed by atoms with van der Waals surface area (Å²) in [5.74, 6) is 3.10. The van der Waals surface area contributed by atoms with Crippen LogP contribution in [0.25, 0.3) is 0 Å². The van der Waals surface area contributed by atoms with Crippen LogP contribution < -0.4 is 0 Å². The molecule has 1 aliphatic rings. The van der Waals surface area contributed by atoms with Gasteiger partial charge >= 0.3 is 0 Å². The number of rotatable bonds is 8. The highest BCUT2D eigenvalue weighted by Gasteiger charge is 2.41. The summed E-state index contributed by atoms with van der Waals surface area (Å²) in [5, 5.41) is 9.53. The molecule has 1 saturated carbocycles. The smallest absolute Gasteiger partial charge is 0.243 e. The van der Waals surface area contributed by atoms with Crippen molar-refractivity contribution in [2.45, 2.75) is 52.4 Å². The van der Waals surface area contributed by atoms with Crippen LogP contribution >= 0.6 is 0 Å². The van der Waals surface area contributed by atoms with E-state index in [-0.39, 0.29) is 5.91 Å². The van der Waals surface area contributed by atoms with Crippen LogP contribution in [0.3, 0.4) is 0 Å². The Morgan fingerprint density at radius 1 is 1.37 bits per heavy atom. The first-order chi connectivity index (χ1) is 9.13. The Bertz CT molecular complexity index is 379. The van der Waals surface area contributed by atoms with Gasteiger partial charge in [0.25, 0.3) is 0 Å². The minimum absolute atomic E-state index is 0.0523. The fourth-order valence-electron chi connectivity index (χ4n) is 2.60. The lowest BCUT2D eigenvalue weighted by atomic mass is 9.79. The van der Waals surface area contributed by atoms with Crippen LogP contribution in [0.15, 0.2) is 0 Å². The quantitative estimate of drug-likeness (QED) is 0.630. The predicted molar refractivity (Wildman–Crippen MR) is 76.0 cm³/mol. The Morgan fingerprint density at radius 3 is 2.32 bits per heavy atom. The number of terminal acetylenes is 1. The Morgan fingerprint density at radius 2 is 1.95 bits per heavy atom. The van der Waals surface area contributed by atoms with Gasteiger partial charge in [-0.15, -0.1) is 6.42 Å². The molecule has 1 fully saturated rings. The van der Waals surface area contributed by atoms with E-state index in [4.69, 9.17) is 6.42 Å². The van der Waals surface area contributed by atoms with Crippen LogP contribution in [0.4, 0.5) is 0 Å². The van der Waals surface area contributed by atoms with Gasteiger partial charge < -0.3 is 4.90 Å². The molecule has 1 aliphatic carbocycles. The molecule has 0 saturated heterocycles. The molecule has 0 aliphatic heterocycles. The van der Waals surface area contributed by atoms with Crippen molar-refractivity contribution in [3.05, 3.63) is 0 Å². The second-order valence-corrected chi connectivity index (χ2v) is 5.53. The second-order valence-electron chi connectivity index (χ2n) is 5.53. The van der Waals surface area contributed by atoms with Crippen molar-refractivity contribution in [3.8, 4) is 18.4 Å². The molecule has 1 amide bonds. The highest BCUT2D eigenvalue weighted by molar-refractivity contribution is 5.85. The van der Waals surface area contributed by atoms with E-state index < -0.39 is 5.41 Å². The van der Waals surface area contributed by atoms with Crippen LogP contribution in [-0.4, -0.2) is 23.9 Å². The van der Waals surface area contributed by atoms with Gasteiger partial charge in [-0.2, -0.15) is 5.26 Å². The zero-order chi connectivity index (χ0) is 14.3. The summed E-state index contributed by atoms with van der Waals surface area (Å²) in [5.41, 5.74) is -0.866. The summed E-state index contributed by atoms with van der Waals surface area (Å²) in [4.78, 5) is 14.5. The van der Waals surface area contributed by atoms with Crippen molar-refractivity contribution in [1.29, 1.82) is 5.26 Å². The number of carbonyl (C=O) groups is 1. The lowest BCUT2D eigenvalue weighted by molar-refractivity contribution is -0.139. The van der Waals surface area contributed by atoms with E-state index in [1.165, 1.54) is 12.8 Å². The molecule has 0 atom stereocenters. The molecule has 0 aromatic heterocycles. The fourth-order valence-corrected chi connectivity index (χ4v) is 2.60. The van der Waals surface area contributed by atoms with Gasteiger partial charge in [0.1, 0.15) is 5.41 Å². The maximum absolute atomic E-state index is 12.7. The lowest BCUT2D eigenvalue weighted by Gasteiger charge is -2.31. The maximum Gasteiger partial charge on any atom is 0.243 e. The van der Waals surface area contributed by atoms with Gasteiger partial charge in [-0.25, -0.2) is 0 Å². The molecule has 0 aromatic rings. The van der Waals surface area contributed by atoms with E-state index in [9.17, 15) is 10.1 Å². The van der Waals surface area contributed by atoms with E-state index in [0.29, 0.717) is 25.3 Å². The Balaban J connectivity index is 2.87. The van der Waals surface area contributed by atoms with Crippen molar-refractivity contribution in [1.82, 2.24) is 4.90 Å². The summed E-state index contributed by atoms with van der Waals surface area (Å²) in [6.45, 7) is 5.08. The summed E-state index contributed by atoms with van der Waals surface area (Å²) in [7, 11) is 0. The minimum Gasteiger partial charge on any atom is -0.330 e. The van der Waals surface area contributed by atoms with E-state index in [1.54, 1.807) is 4.90 Å². The van der Waals surface area contributed by atoms with Crippen molar-refractivity contribution in [3.63, 3.8) is 0 Å². The first-order valence-electron chi connectivity index (χ1n) is 7.27. The van der Waals surface area contributed by atoms with Crippen LogP contribution in [0.5, 0.6) is 0 Å². The molecule has 1 rings (SSSR count). The standard InChI is InChI=1S/C16H24N2O/c1-4-9-16(13-17,10-5-2)15(19)18(11-6-3)12-14-7-8-14/h3,14H,4-5,7-12H2,1-2H3. The molecule has 0 N–H and O–H groups in total. The average Bonchev–Trinajstić information content (AvgIpc) is 3.21. The lowest BCUT2D eigenvalue weighted by Crippen LogP contribution is -2.44. The number of amides is 1. The van der Waals surface area contributed by atoms with Crippen molar-refractivity contribution in [2.75, 3.05) is 13.1 Å². The number of hydrogen-bond donors (Lipinski definition) is 0. The molecule has 0 unspecified atom stereocenters. The highest BCUT2D eigenvalue weighted by Crippen LogP contribution is 2.35. The summed E-state index contributed by atoms with van der Waals surface area (Å²) in [6.07, 6.45) is 10.7. The zero-order valence-corrected chi connectivity index (χ0v) is 12.1. The van der Waals surface area contributed by atoms with Gasteiger partial charge in [0.2, 0.25) is 5.91 Å². The van der Waals surface area contributed by atoms with Gasteiger partial charge in [0.15, 0.2) is 0 Å². The van der Waals surface area contributed by atoms with E-state index in [1.807, 2.05) is 13.8 Å². The monoisotopic (exact) mass is 260 g/mol. The first-order valence-corrected chi connectivity index (χ1v) is 7.27. The minimum atomic E-state index is -0.866. The van der Waals surface area contributed by atoms with Gasteiger partial charge in [-0.1, -0.05) is 32.6 Å². The normalized spacial score (nSPS) is 14.5. The van der Waals surface area contributed by atoms with Gasteiger partial charge in [-0.05, 0) is 31.6 Å². The Hall–Kier alpha value is -1.48. The number of nitrogens with zero attached hydrogens (tertiary/aromatic N) is 2. The Labute approximate surface area is 117 Å². The molecule has 0 bridgehead atoms. The topological polar surface area (TPSA) is 44.1 Å². The fraction of sp³-hybridized carbons (Fsp3) is 0.750. The molecule has 0 aromatic carbocycles. The SMILES string of the molecule is C#CCN(CC1CC1)C(=O)C(C#N)(CCC)CCC. The van der Waals surface area contributed by atoms with E-state index in [0.717, 1.165) is 19.4 Å². The first kappa shape index (κ1) is 15.6. The third-order valence-corrected chi connectivity index (χ3v) is 3.72. The molecule has 0 spiro atoms. The number of nitriles is 1. The maximum atomic E-state index is 12.7. The number of carbonyl (C=O) groups excluding carboxylic acids is 1. The van der Waals surface area contributed by atoms with Crippen molar-refractivity contribution in [2.24, 2.45) is 11.3 Å². The number of hydrogen-bond acceptors (Lipinski definition) is 2. The summed E-state index contributed by atoms with van der Waals surface area (Å²) in [6, 6.07) is 2.29. The predicted octanol–water partition coefficient (Wildman–Crippen LogP) is 2.97. The van der Waals surface area contributed by atoms with Gasteiger partial charge in [-0.3, -0.25) is 4.79 Å². The Kier molecular flexibility index (Phi) is 5.90. The van der Waals surface area contributed by atoms with Crippen LogP contribution in [0.1, 0.15) is 52.4 Å². The molecule has 3 heteroatoms. The van der Waals surface area contributed by atoms with Gasteiger partial charge in [0.05, 0.1) is 12.6 Å². The third-order valence-electron chi connectivity index (χ3n) is 3.72. The van der Waals surface area contributed by atoms with Crippen LogP contribution in [-0.2, 0) is 4.79 Å². The van der Waals surface area contributed by atoms with Crippen molar-refractivity contribution >= 4 is 5.91 Å². The van der Waals surface area contributed by atoms with E-state index in [2.05, 4.69) is 12.0 Å². The van der Waals surface area contributed by atoms with Crippen LogP contribution in [0, 0.1) is 35.0 Å². The van der Waals surface area contributed by atoms with Gasteiger partial charge in [0, 0.05) is 6.54 Å². The molecular weight excluding hydrogens is 236 g/mol. The molecule has 0 heterocycles. The van der Waals surface area contributed by atoms with Crippen LogP contribution in [0.2, 0.25) is 0 Å². The molecule has 104 valence electrons. The highest BCUT2D eigenvalue weighted by atomic mass is 16.2. The average molecular weight is 260 g/mol. The largest absolute Gasteiger partial charge is 0.330 e. The summed E-state index contributed by atoms with van der Waals surface area (Å²) < 4.78 is 0. The van der Waals surface area contributed by atoms with E-state index >= 15 is 0 Å². The second kappa shape index (κ2) is 7.19. The zero-order valence-electron chi connectivity index (χ0n) is 12.1. The molecular formula is C16H24N2O. The third kappa shape index (κ3) is 4.00. The van der Waals surface area contributed by atoms with Crippen molar-refractivity contribution < 1.29 is 4.79 Å². The molecule has 0 radical (unpaired) electrons.